The molecule has 0 radical (unpaired) electrons. The second kappa shape index (κ2) is 8.17. The van der Waals surface area contributed by atoms with E-state index in [-0.39, 0.29) is 6.04 Å². The summed E-state index contributed by atoms with van der Waals surface area (Å²) in [5, 5.41) is 14.1. The van der Waals surface area contributed by atoms with Crippen LogP contribution in [-0.2, 0) is 4.74 Å². The fourth-order valence-electron chi connectivity index (χ4n) is 3.64. The number of morpholine rings is 1. The van der Waals surface area contributed by atoms with Crippen molar-refractivity contribution in [1.82, 2.24) is 9.88 Å². The molecule has 1 aliphatic rings. The lowest BCUT2D eigenvalue weighted by Crippen LogP contribution is -2.41. The average Bonchev–Trinajstić information content (AvgIpc) is 2.75. The van der Waals surface area contributed by atoms with Crippen LogP contribution in [0.1, 0.15) is 17.2 Å². The normalized spacial score (nSPS) is 16.0. The number of pyridine rings is 1. The number of rotatable bonds is 5. The molecular weight excluding hydrogens is 336 g/mol. The van der Waals surface area contributed by atoms with E-state index < -0.39 is 0 Å². The van der Waals surface area contributed by atoms with Gasteiger partial charge >= 0.3 is 0 Å². The third-order valence-corrected chi connectivity index (χ3v) is 5.04. The number of para-hydroxylation sites is 1. The van der Waals surface area contributed by atoms with Crippen LogP contribution in [0.5, 0.6) is 0 Å². The van der Waals surface area contributed by atoms with Gasteiger partial charge in [-0.2, -0.15) is 5.26 Å². The zero-order valence-electron chi connectivity index (χ0n) is 15.1. The van der Waals surface area contributed by atoms with Gasteiger partial charge in [-0.1, -0.05) is 48.5 Å². The number of fused-ring (bicyclic) bond motifs is 1. The van der Waals surface area contributed by atoms with E-state index in [0.717, 1.165) is 42.9 Å². The lowest BCUT2D eigenvalue weighted by molar-refractivity contribution is 0.0187. The fraction of sp³-hybridized carbons (Fsp3) is 0.273. The summed E-state index contributed by atoms with van der Waals surface area (Å²) in [6.07, 6.45) is 1.65. The van der Waals surface area contributed by atoms with Gasteiger partial charge in [0.25, 0.3) is 0 Å². The molecular formula is C22H22N4O. The first-order valence-electron chi connectivity index (χ1n) is 9.25. The lowest BCUT2D eigenvalue weighted by atomic mass is 10.0. The highest BCUT2D eigenvalue weighted by molar-refractivity contribution is 5.93. The van der Waals surface area contributed by atoms with Crippen LogP contribution in [-0.4, -0.2) is 42.7 Å². The highest BCUT2D eigenvalue weighted by Gasteiger charge is 2.23. The SMILES string of the molecule is N#Cc1cnc2ccccc2c1NCC(c1ccccc1)N1CCOCC1. The summed E-state index contributed by atoms with van der Waals surface area (Å²) in [5.74, 6) is 0. The van der Waals surface area contributed by atoms with Crippen molar-refractivity contribution in [2.75, 3.05) is 38.2 Å². The van der Waals surface area contributed by atoms with Crippen molar-refractivity contribution in [3.05, 3.63) is 71.9 Å². The summed E-state index contributed by atoms with van der Waals surface area (Å²) in [6.45, 7) is 4.04. The van der Waals surface area contributed by atoms with Crippen LogP contribution in [0.25, 0.3) is 10.9 Å². The van der Waals surface area contributed by atoms with Crippen LogP contribution >= 0.6 is 0 Å². The Kier molecular flexibility index (Phi) is 5.29. The van der Waals surface area contributed by atoms with E-state index in [0.29, 0.717) is 12.1 Å². The van der Waals surface area contributed by atoms with Crippen molar-refractivity contribution in [3.63, 3.8) is 0 Å². The van der Waals surface area contributed by atoms with E-state index in [1.807, 2.05) is 30.3 Å². The maximum Gasteiger partial charge on any atom is 0.103 e. The Bertz CT molecular complexity index is 945. The summed E-state index contributed by atoms with van der Waals surface area (Å²) >= 11 is 0. The number of anilines is 1. The van der Waals surface area contributed by atoms with Gasteiger partial charge in [-0.15, -0.1) is 0 Å². The molecule has 1 unspecified atom stereocenters. The second-order valence-corrected chi connectivity index (χ2v) is 6.63. The number of nitrogens with zero attached hydrogens (tertiary/aromatic N) is 3. The minimum atomic E-state index is 0.216. The van der Waals surface area contributed by atoms with Crippen LogP contribution in [0.4, 0.5) is 5.69 Å². The molecule has 136 valence electrons. The molecule has 0 saturated carbocycles. The largest absolute Gasteiger partial charge is 0.381 e. The molecule has 0 bridgehead atoms. The van der Waals surface area contributed by atoms with Gasteiger partial charge in [0.15, 0.2) is 0 Å². The van der Waals surface area contributed by atoms with Gasteiger partial charge in [-0.05, 0) is 11.6 Å². The first-order chi connectivity index (χ1) is 13.4. The molecule has 1 saturated heterocycles. The molecule has 5 heteroatoms. The zero-order valence-corrected chi connectivity index (χ0v) is 15.1. The summed E-state index contributed by atoms with van der Waals surface area (Å²) < 4.78 is 5.53. The Balaban J connectivity index is 1.65. The van der Waals surface area contributed by atoms with Gasteiger partial charge in [-0.3, -0.25) is 9.88 Å². The van der Waals surface area contributed by atoms with Gasteiger partial charge in [0.05, 0.1) is 36.0 Å². The lowest BCUT2D eigenvalue weighted by Gasteiger charge is -2.35. The summed E-state index contributed by atoms with van der Waals surface area (Å²) in [6, 6.07) is 20.9. The Morgan fingerprint density at radius 2 is 1.81 bits per heavy atom. The smallest absolute Gasteiger partial charge is 0.103 e. The van der Waals surface area contributed by atoms with Crippen LogP contribution in [0.2, 0.25) is 0 Å². The second-order valence-electron chi connectivity index (χ2n) is 6.63. The molecule has 3 aromatic rings. The molecule has 0 amide bonds. The molecule has 0 aliphatic carbocycles. The quantitative estimate of drug-likeness (QED) is 0.755. The van der Waals surface area contributed by atoms with Crippen LogP contribution in [0.3, 0.4) is 0 Å². The van der Waals surface area contributed by atoms with E-state index in [1.54, 1.807) is 6.20 Å². The van der Waals surface area contributed by atoms with Gasteiger partial charge in [-0.25, -0.2) is 0 Å². The van der Waals surface area contributed by atoms with E-state index in [9.17, 15) is 5.26 Å². The molecule has 27 heavy (non-hydrogen) atoms. The maximum atomic E-state index is 9.55. The van der Waals surface area contributed by atoms with Crippen molar-refractivity contribution in [2.24, 2.45) is 0 Å². The standard InChI is InChI=1S/C22H22N4O/c23-14-18-15-24-20-9-5-4-8-19(20)22(18)25-16-21(17-6-2-1-3-7-17)26-10-12-27-13-11-26/h1-9,15,21H,10-13,16H2,(H,24,25). The maximum absolute atomic E-state index is 9.55. The molecule has 1 atom stereocenters. The summed E-state index contributed by atoms with van der Waals surface area (Å²) in [4.78, 5) is 6.84. The minimum Gasteiger partial charge on any atom is -0.381 e. The minimum absolute atomic E-state index is 0.216. The van der Waals surface area contributed by atoms with Crippen molar-refractivity contribution in [2.45, 2.75) is 6.04 Å². The molecule has 5 nitrogen and oxygen atoms in total. The number of hydrogen-bond donors (Lipinski definition) is 1. The third kappa shape index (κ3) is 3.77. The molecule has 1 aromatic heterocycles. The topological polar surface area (TPSA) is 61.2 Å². The van der Waals surface area contributed by atoms with Crippen molar-refractivity contribution in [1.29, 1.82) is 5.26 Å². The monoisotopic (exact) mass is 358 g/mol. The van der Waals surface area contributed by atoms with E-state index in [1.165, 1.54) is 5.56 Å². The number of hydrogen-bond acceptors (Lipinski definition) is 5. The van der Waals surface area contributed by atoms with Crippen LogP contribution in [0, 0.1) is 11.3 Å². The molecule has 2 aromatic carbocycles. The Morgan fingerprint density at radius 3 is 2.59 bits per heavy atom. The number of aromatic nitrogens is 1. The van der Waals surface area contributed by atoms with Gasteiger partial charge in [0, 0.05) is 31.2 Å². The number of nitrogens with one attached hydrogen (secondary N) is 1. The molecule has 4 rings (SSSR count). The number of ether oxygens (including phenoxy) is 1. The van der Waals surface area contributed by atoms with E-state index >= 15 is 0 Å². The van der Waals surface area contributed by atoms with Gasteiger partial charge in [0.2, 0.25) is 0 Å². The van der Waals surface area contributed by atoms with Crippen LogP contribution < -0.4 is 5.32 Å². The zero-order chi connectivity index (χ0) is 18.5. The van der Waals surface area contributed by atoms with E-state index in [4.69, 9.17) is 4.74 Å². The highest BCUT2D eigenvalue weighted by atomic mass is 16.5. The number of benzene rings is 2. The Hall–Kier alpha value is -2.94. The molecule has 0 spiro atoms. The first kappa shape index (κ1) is 17.5. The van der Waals surface area contributed by atoms with Gasteiger partial charge < -0.3 is 10.1 Å². The van der Waals surface area contributed by atoms with Crippen LogP contribution in [0.15, 0.2) is 60.8 Å². The Labute approximate surface area is 159 Å². The van der Waals surface area contributed by atoms with E-state index in [2.05, 4.69) is 45.5 Å². The molecule has 1 fully saturated rings. The number of nitriles is 1. The first-order valence-corrected chi connectivity index (χ1v) is 9.25. The van der Waals surface area contributed by atoms with Gasteiger partial charge in [0.1, 0.15) is 6.07 Å². The predicted molar refractivity (Wildman–Crippen MR) is 107 cm³/mol. The fourth-order valence-corrected chi connectivity index (χ4v) is 3.64. The third-order valence-electron chi connectivity index (χ3n) is 5.04. The molecule has 1 N–H and O–H groups in total. The Morgan fingerprint density at radius 1 is 1.07 bits per heavy atom. The van der Waals surface area contributed by atoms with Crippen molar-refractivity contribution in [3.8, 4) is 6.07 Å². The predicted octanol–water partition coefficient (Wildman–Crippen LogP) is 3.59. The average molecular weight is 358 g/mol. The van der Waals surface area contributed by atoms with Crippen molar-refractivity contribution < 1.29 is 4.74 Å². The summed E-state index contributed by atoms with van der Waals surface area (Å²) in [7, 11) is 0. The van der Waals surface area contributed by atoms with Crippen molar-refractivity contribution >= 4 is 16.6 Å². The highest BCUT2D eigenvalue weighted by Crippen LogP contribution is 2.28. The molecule has 1 aliphatic heterocycles. The molecule has 2 heterocycles. The summed E-state index contributed by atoms with van der Waals surface area (Å²) in [5.41, 5.74) is 3.59.